The highest BCUT2D eigenvalue weighted by atomic mass is 35.5. The van der Waals surface area contributed by atoms with Crippen LogP contribution in [-0.4, -0.2) is 64.6 Å². The fourth-order valence-electron chi connectivity index (χ4n) is 4.00. The van der Waals surface area contributed by atoms with Crippen LogP contribution in [0.1, 0.15) is 38.2 Å². The van der Waals surface area contributed by atoms with Gasteiger partial charge in [-0.3, -0.25) is 4.57 Å². The number of thiophene rings is 1. The number of amides is 1. The van der Waals surface area contributed by atoms with Gasteiger partial charge >= 0.3 is 6.09 Å². The minimum atomic E-state index is -0.475. The fourth-order valence-corrected chi connectivity index (χ4v) is 4.99. The van der Waals surface area contributed by atoms with Crippen molar-refractivity contribution in [3.8, 4) is 16.5 Å². The number of aromatic nitrogens is 3. The summed E-state index contributed by atoms with van der Waals surface area (Å²) in [7, 11) is 1.64. The van der Waals surface area contributed by atoms with Crippen LogP contribution < -0.4 is 10.1 Å². The van der Waals surface area contributed by atoms with Crippen LogP contribution in [0.5, 0.6) is 5.88 Å². The van der Waals surface area contributed by atoms with Crippen molar-refractivity contribution in [1.82, 2.24) is 24.9 Å². The molecule has 0 unspecified atom stereocenters. The van der Waals surface area contributed by atoms with Gasteiger partial charge in [-0.1, -0.05) is 16.8 Å². The fraction of sp³-hybridized carbons (Fsp3) is 0.522. The molecule has 1 saturated heterocycles. The number of carbonyl (C=O) groups excluding carboxylic acids is 1. The summed E-state index contributed by atoms with van der Waals surface area (Å²) < 4.78 is 18.9. The molecule has 34 heavy (non-hydrogen) atoms. The smallest absolute Gasteiger partial charge is 0.391 e. The quantitative estimate of drug-likeness (QED) is 0.457. The molecule has 3 aromatic heterocycles. The largest absolute Gasteiger partial charge is 0.414 e. The van der Waals surface area contributed by atoms with Gasteiger partial charge in [-0.15, -0.1) is 11.3 Å². The molecule has 11 heteroatoms. The zero-order valence-corrected chi connectivity index (χ0v) is 21.2. The number of carbonyl (C=O) groups is 1. The Labute approximate surface area is 208 Å². The van der Waals surface area contributed by atoms with E-state index in [1.54, 1.807) is 13.3 Å². The molecule has 1 aliphatic heterocycles. The summed E-state index contributed by atoms with van der Waals surface area (Å²) in [5.74, 6) is 1.73. The van der Waals surface area contributed by atoms with Gasteiger partial charge in [0.15, 0.2) is 5.76 Å². The summed E-state index contributed by atoms with van der Waals surface area (Å²) in [5, 5.41) is 7.18. The Balaban J connectivity index is 1.43. The number of imidazole rings is 1. The van der Waals surface area contributed by atoms with Crippen molar-refractivity contribution in [3.63, 3.8) is 0 Å². The van der Waals surface area contributed by atoms with Crippen molar-refractivity contribution in [1.29, 1.82) is 0 Å². The number of methoxy groups -OCH3 is 1. The molecule has 1 amide bonds. The molecule has 0 aliphatic carbocycles. The van der Waals surface area contributed by atoms with E-state index in [0.29, 0.717) is 47.3 Å². The summed E-state index contributed by atoms with van der Waals surface area (Å²) in [6, 6.07) is 6.18. The Morgan fingerprint density at radius 1 is 1.35 bits per heavy atom. The maximum atomic E-state index is 12.7. The molecule has 4 heterocycles. The zero-order chi connectivity index (χ0) is 24.1. The summed E-state index contributed by atoms with van der Waals surface area (Å²) in [5.41, 5.74) is 0.683. The molecule has 3 aromatic rings. The van der Waals surface area contributed by atoms with Crippen LogP contribution in [0.15, 0.2) is 28.9 Å². The molecular weight excluding hydrogens is 478 g/mol. The number of hydrogen-bond acceptors (Lipinski definition) is 8. The first kappa shape index (κ1) is 24.7. The van der Waals surface area contributed by atoms with Crippen molar-refractivity contribution in [3.05, 3.63) is 40.3 Å². The van der Waals surface area contributed by atoms with E-state index >= 15 is 0 Å². The molecule has 0 aromatic carbocycles. The molecule has 184 valence electrons. The van der Waals surface area contributed by atoms with E-state index in [2.05, 4.69) is 34.2 Å². The second-order valence-corrected chi connectivity index (χ2v) is 10.3. The van der Waals surface area contributed by atoms with Gasteiger partial charge in [-0.05, 0) is 38.8 Å². The molecule has 1 fully saturated rings. The number of rotatable bonds is 9. The predicted molar refractivity (Wildman–Crippen MR) is 131 cm³/mol. The van der Waals surface area contributed by atoms with Crippen LogP contribution in [0.2, 0.25) is 4.34 Å². The van der Waals surface area contributed by atoms with Gasteiger partial charge in [0.25, 0.3) is 0 Å². The van der Waals surface area contributed by atoms with Gasteiger partial charge in [0, 0.05) is 44.8 Å². The molecule has 0 spiro atoms. The predicted octanol–water partition coefficient (Wildman–Crippen LogP) is 4.45. The van der Waals surface area contributed by atoms with E-state index in [0.717, 1.165) is 36.6 Å². The third-order valence-electron chi connectivity index (χ3n) is 5.91. The minimum Gasteiger partial charge on any atom is -0.391 e. The van der Waals surface area contributed by atoms with E-state index in [4.69, 9.17) is 25.6 Å². The topological polar surface area (TPSA) is 94.7 Å². The zero-order valence-electron chi connectivity index (χ0n) is 19.6. The average Bonchev–Trinajstić information content (AvgIpc) is 3.54. The van der Waals surface area contributed by atoms with Crippen LogP contribution >= 0.6 is 22.9 Å². The number of hydrogen-bond donors (Lipinski definition) is 1. The van der Waals surface area contributed by atoms with E-state index in [1.165, 1.54) is 11.3 Å². The lowest BCUT2D eigenvalue weighted by molar-refractivity contribution is 0.151. The van der Waals surface area contributed by atoms with Crippen LogP contribution in [0, 0.1) is 0 Å². The van der Waals surface area contributed by atoms with Crippen molar-refractivity contribution in [2.45, 2.75) is 51.7 Å². The SMILES string of the molecule is COCCc1ncc(OC(=O)NC2CCN(C(C)C)CC2)n1Cc1cc(-c2ccc(Cl)s2)on1. The second-order valence-electron chi connectivity index (χ2n) is 8.57. The first-order valence-electron chi connectivity index (χ1n) is 11.4. The second kappa shape index (κ2) is 11.4. The Morgan fingerprint density at radius 2 is 2.15 bits per heavy atom. The molecule has 0 radical (unpaired) electrons. The molecule has 1 aliphatic rings. The number of ether oxygens (including phenoxy) is 2. The lowest BCUT2D eigenvalue weighted by Crippen LogP contribution is -2.47. The van der Waals surface area contributed by atoms with E-state index in [1.807, 2.05) is 22.8 Å². The van der Waals surface area contributed by atoms with Crippen LogP contribution in [0.25, 0.3) is 10.6 Å². The lowest BCUT2D eigenvalue weighted by Gasteiger charge is -2.34. The Morgan fingerprint density at radius 3 is 2.82 bits per heavy atom. The normalized spacial score (nSPS) is 15.2. The number of nitrogens with zero attached hydrogens (tertiary/aromatic N) is 4. The van der Waals surface area contributed by atoms with E-state index in [-0.39, 0.29) is 6.04 Å². The van der Waals surface area contributed by atoms with Crippen molar-refractivity contribution in [2.75, 3.05) is 26.8 Å². The first-order chi connectivity index (χ1) is 16.4. The highest BCUT2D eigenvalue weighted by Gasteiger charge is 2.24. The van der Waals surface area contributed by atoms with Gasteiger partial charge in [0.1, 0.15) is 11.5 Å². The maximum Gasteiger partial charge on any atom is 0.414 e. The summed E-state index contributed by atoms with van der Waals surface area (Å²) in [6.07, 6.45) is 3.46. The molecule has 0 bridgehead atoms. The Bertz CT molecular complexity index is 1090. The minimum absolute atomic E-state index is 0.0996. The van der Waals surface area contributed by atoms with Gasteiger partial charge in [0.2, 0.25) is 5.88 Å². The third kappa shape index (κ3) is 6.18. The van der Waals surface area contributed by atoms with Crippen LogP contribution in [-0.2, 0) is 17.7 Å². The van der Waals surface area contributed by atoms with Crippen LogP contribution in [0.4, 0.5) is 4.79 Å². The van der Waals surface area contributed by atoms with Crippen molar-refractivity contribution < 1.29 is 18.8 Å². The van der Waals surface area contributed by atoms with E-state index in [9.17, 15) is 4.79 Å². The number of piperidine rings is 1. The Kier molecular flexibility index (Phi) is 8.25. The van der Waals surface area contributed by atoms with Gasteiger partial charge in [-0.25, -0.2) is 9.78 Å². The molecule has 1 N–H and O–H groups in total. The lowest BCUT2D eigenvalue weighted by atomic mass is 10.0. The number of likely N-dealkylation sites (tertiary alicyclic amines) is 1. The molecule has 0 atom stereocenters. The molecular formula is C23H30ClN5O4S. The monoisotopic (exact) mass is 507 g/mol. The highest BCUT2D eigenvalue weighted by molar-refractivity contribution is 7.19. The number of nitrogens with one attached hydrogen (secondary N) is 1. The standard InChI is InChI=1S/C23H30ClN5O4S/c1-15(2)28-9-6-16(7-10-28)26-23(30)32-22-13-25-21(8-11-31-3)29(22)14-17-12-18(33-27-17)19-4-5-20(24)34-19/h4-5,12-13,15-16H,6-11,14H2,1-3H3,(H,26,30). The summed E-state index contributed by atoms with van der Waals surface area (Å²) in [4.78, 5) is 20.4. The van der Waals surface area contributed by atoms with Crippen molar-refractivity contribution >= 4 is 29.0 Å². The van der Waals surface area contributed by atoms with Crippen molar-refractivity contribution in [2.24, 2.45) is 0 Å². The van der Waals surface area contributed by atoms with Gasteiger partial charge < -0.3 is 24.2 Å². The molecule has 9 nitrogen and oxygen atoms in total. The van der Waals surface area contributed by atoms with Gasteiger partial charge in [0.05, 0.1) is 28.6 Å². The first-order valence-corrected chi connectivity index (χ1v) is 12.6. The van der Waals surface area contributed by atoms with Crippen LogP contribution in [0.3, 0.4) is 0 Å². The molecule has 0 saturated carbocycles. The number of halogens is 1. The van der Waals surface area contributed by atoms with Gasteiger partial charge in [-0.2, -0.15) is 0 Å². The maximum absolute atomic E-state index is 12.7. The van der Waals surface area contributed by atoms with E-state index < -0.39 is 6.09 Å². The summed E-state index contributed by atoms with van der Waals surface area (Å²) in [6.45, 7) is 7.15. The Hall–Kier alpha value is -2.40. The molecule has 4 rings (SSSR count). The highest BCUT2D eigenvalue weighted by Crippen LogP contribution is 2.31. The third-order valence-corrected chi connectivity index (χ3v) is 7.15. The average molecular weight is 508 g/mol. The summed E-state index contributed by atoms with van der Waals surface area (Å²) >= 11 is 7.46.